The van der Waals surface area contributed by atoms with E-state index in [1.54, 1.807) is 0 Å². The molecule has 0 aliphatic carbocycles. The Morgan fingerprint density at radius 1 is 1.04 bits per heavy atom. The van der Waals surface area contributed by atoms with Gasteiger partial charge in [-0.25, -0.2) is 0 Å². The predicted octanol–water partition coefficient (Wildman–Crippen LogP) is 3.90. The van der Waals surface area contributed by atoms with E-state index in [-0.39, 0.29) is 0 Å². The molecule has 3 rings (SSSR count). The third kappa shape index (κ3) is 3.80. The van der Waals surface area contributed by atoms with E-state index in [1.807, 2.05) is 37.3 Å². The number of benzene rings is 2. The molecular weight excluding hydrogens is 284 g/mol. The molecule has 0 saturated carbocycles. The van der Waals surface area contributed by atoms with Gasteiger partial charge in [-0.2, -0.15) is 5.26 Å². The van der Waals surface area contributed by atoms with Crippen LogP contribution in [0.4, 0.5) is 5.69 Å². The van der Waals surface area contributed by atoms with Gasteiger partial charge < -0.3 is 9.64 Å². The molecule has 1 fully saturated rings. The summed E-state index contributed by atoms with van der Waals surface area (Å²) in [7, 11) is 0. The Kier molecular flexibility index (Phi) is 4.75. The van der Waals surface area contributed by atoms with Crippen molar-refractivity contribution in [1.29, 1.82) is 5.26 Å². The molecule has 0 amide bonds. The Labute approximate surface area is 137 Å². The van der Waals surface area contributed by atoms with E-state index in [2.05, 4.69) is 35.2 Å². The topological polar surface area (TPSA) is 36.3 Å². The zero-order chi connectivity index (χ0) is 16.1. The molecule has 0 N–H and O–H groups in total. The standard InChI is InChI=1S/C20H20N2O/c1-16-2-6-18(7-3-16)19(15-21)14-17-4-8-20(9-5-17)22-10-12-23-13-11-22/h2-9,14H,10-13H2,1H3/b19-14-. The van der Waals surface area contributed by atoms with Gasteiger partial charge in [-0.05, 0) is 36.3 Å². The minimum absolute atomic E-state index is 0.684. The Morgan fingerprint density at radius 2 is 1.70 bits per heavy atom. The first-order valence-corrected chi connectivity index (χ1v) is 7.88. The van der Waals surface area contributed by atoms with Crippen molar-refractivity contribution in [3.8, 4) is 6.07 Å². The van der Waals surface area contributed by atoms with Crippen molar-refractivity contribution in [2.45, 2.75) is 6.92 Å². The highest BCUT2D eigenvalue weighted by Crippen LogP contribution is 2.21. The molecule has 1 aliphatic heterocycles. The number of hydrogen-bond acceptors (Lipinski definition) is 3. The van der Waals surface area contributed by atoms with E-state index in [9.17, 15) is 5.26 Å². The summed E-state index contributed by atoms with van der Waals surface area (Å²) in [6.07, 6.45) is 1.94. The Balaban J connectivity index is 1.80. The molecule has 0 atom stereocenters. The minimum Gasteiger partial charge on any atom is -0.378 e. The van der Waals surface area contributed by atoms with Crippen molar-refractivity contribution < 1.29 is 4.74 Å². The summed E-state index contributed by atoms with van der Waals surface area (Å²) in [4.78, 5) is 2.32. The second-order valence-corrected chi connectivity index (χ2v) is 5.73. The normalized spacial score (nSPS) is 15.3. The molecule has 0 unspecified atom stereocenters. The summed E-state index contributed by atoms with van der Waals surface area (Å²) in [5, 5.41) is 9.43. The minimum atomic E-state index is 0.684. The molecule has 0 bridgehead atoms. The van der Waals surface area contributed by atoms with Crippen LogP contribution >= 0.6 is 0 Å². The lowest BCUT2D eigenvalue weighted by Crippen LogP contribution is -2.36. The van der Waals surface area contributed by atoms with Gasteiger partial charge in [-0.1, -0.05) is 42.0 Å². The van der Waals surface area contributed by atoms with Crippen molar-refractivity contribution in [1.82, 2.24) is 0 Å². The van der Waals surface area contributed by atoms with Gasteiger partial charge in [0, 0.05) is 18.8 Å². The Morgan fingerprint density at radius 3 is 2.30 bits per heavy atom. The number of ether oxygens (including phenoxy) is 1. The average Bonchev–Trinajstić information content (AvgIpc) is 2.62. The lowest BCUT2D eigenvalue weighted by Gasteiger charge is -2.28. The number of allylic oxidation sites excluding steroid dienone is 1. The Hall–Kier alpha value is -2.57. The van der Waals surface area contributed by atoms with Gasteiger partial charge in [-0.3, -0.25) is 0 Å². The van der Waals surface area contributed by atoms with Crippen LogP contribution < -0.4 is 4.90 Å². The van der Waals surface area contributed by atoms with Crippen LogP contribution in [-0.4, -0.2) is 26.3 Å². The van der Waals surface area contributed by atoms with Gasteiger partial charge in [0.1, 0.15) is 0 Å². The smallest absolute Gasteiger partial charge is 0.0998 e. The number of hydrogen-bond donors (Lipinski definition) is 0. The van der Waals surface area contributed by atoms with E-state index in [0.717, 1.165) is 37.4 Å². The molecule has 3 nitrogen and oxygen atoms in total. The lowest BCUT2D eigenvalue weighted by atomic mass is 10.0. The van der Waals surface area contributed by atoms with Crippen LogP contribution in [0, 0.1) is 18.3 Å². The fraction of sp³-hybridized carbons (Fsp3) is 0.250. The van der Waals surface area contributed by atoms with Crippen LogP contribution in [0.25, 0.3) is 11.6 Å². The SMILES string of the molecule is Cc1ccc(/C(C#N)=C\c2ccc(N3CCOCC3)cc2)cc1. The number of aryl methyl sites for hydroxylation is 1. The van der Waals surface area contributed by atoms with Crippen LogP contribution in [0.15, 0.2) is 48.5 Å². The summed E-state index contributed by atoms with van der Waals surface area (Å²) in [6, 6.07) is 18.7. The van der Waals surface area contributed by atoms with E-state index < -0.39 is 0 Å². The van der Waals surface area contributed by atoms with Crippen LogP contribution in [0.3, 0.4) is 0 Å². The van der Waals surface area contributed by atoms with Crippen molar-refractivity contribution in [3.63, 3.8) is 0 Å². The highest BCUT2D eigenvalue weighted by Gasteiger charge is 2.10. The number of morpholine rings is 1. The van der Waals surface area contributed by atoms with Gasteiger partial charge in [0.25, 0.3) is 0 Å². The number of rotatable bonds is 3. The fourth-order valence-corrected chi connectivity index (χ4v) is 2.68. The molecule has 0 radical (unpaired) electrons. The third-order valence-electron chi connectivity index (χ3n) is 4.06. The highest BCUT2D eigenvalue weighted by molar-refractivity contribution is 5.89. The second kappa shape index (κ2) is 7.13. The van der Waals surface area contributed by atoms with Crippen LogP contribution in [0.1, 0.15) is 16.7 Å². The first kappa shape index (κ1) is 15.3. The monoisotopic (exact) mass is 304 g/mol. The van der Waals surface area contributed by atoms with Gasteiger partial charge in [0.05, 0.1) is 24.9 Å². The van der Waals surface area contributed by atoms with Crippen LogP contribution in [-0.2, 0) is 4.74 Å². The second-order valence-electron chi connectivity index (χ2n) is 5.73. The summed E-state index contributed by atoms with van der Waals surface area (Å²) in [5.74, 6) is 0. The molecule has 1 aliphatic rings. The van der Waals surface area contributed by atoms with Crippen molar-refractivity contribution >= 4 is 17.3 Å². The van der Waals surface area contributed by atoms with Crippen molar-refractivity contribution in [2.75, 3.05) is 31.2 Å². The van der Waals surface area contributed by atoms with Gasteiger partial charge in [0.15, 0.2) is 0 Å². The molecule has 23 heavy (non-hydrogen) atoms. The predicted molar refractivity (Wildman–Crippen MR) is 94.1 cm³/mol. The summed E-state index contributed by atoms with van der Waals surface area (Å²) < 4.78 is 5.38. The maximum atomic E-state index is 9.43. The van der Waals surface area contributed by atoms with Crippen LogP contribution in [0.5, 0.6) is 0 Å². The molecule has 1 saturated heterocycles. The molecule has 116 valence electrons. The lowest BCUT2D eigenvalue weighted by molar-refractivity contribution is 0.122. The number of nitrogens with zero attached hydrogens (tertiary/aromatic N) is 2. The number of anilines is 1. The average molecular weight is 304 g/mol. The zero-order valence-electron chi connectivity index (χ0n) is 13.3. The van der Waals surface area contributed by atoms with Crippen molar-refractivity contribution in [2.24, 2.45) is 0 Å². The molecule has 2 aromatic rings. The van der Waals surface area contributed by atoms with E-state index in [1.165, 1.54) is 11.3 Å². The van der Waals surface area contributed by atoms with Gasteiger partial charge in [-0.15, -0.1) is 0 Å². The maximum Gasteiger partial charge on any atom is 0.0998 e. The highest BCUT2D eigenvalue weighted by atomic mass is 16.5. The molecule has 1 heterocycles. The summed E-state index contributed by atoms with van der Waals surface area (Å²) >= 11 is 0. The third-order valence-corrected chi connectivity index (χ3v) is 4.06. The molecule has 3 heteroatoms. The molecule has 0 aromatic heterocycles. The van der Waals surface area contributed by atoms with Crippen LogP contribution in [0.2, 0.25) is 0 Å². The number of nitriles is 1. The quantitative estimate of drug-likeness (QED) is 0.637. The summed E-state index contributed by atoms with van der Waals surface area (Å²) in [6.45, 7) is 5.48. The van der Waals surface area contributed by atoms with Crippen molar-refractivity contribution in [3.05, 3.63) is 65.2 Å². The van der Waals surface area contributed by atoms with E-state index in [4.69, 9.17) is 4.74 Å². The van der Waals surface area contributed by atoms with E-state index >= 15 is 0 Å². The molecule has 2 aromatic carbocycles. The first-order valence-electron chi connectivity index (χ1n) is 7.88. The zero-order valence-corrected chi connectivity index (χ0v) is 13.3. The van der Waals surface area contributed by atoms with E-state index in [0.29, 0.717) is 5.57 Å². The maximum absolute atomic E-state index is 9.43. The summed E-state index contributed by atoms with van der Waals surface area (Å²) in [5.41, 5.74) is 5.08. The first-order chi connectivity index (χ1) is 11.3. The Bertz CT molecular complexity index is 718. The molecule has 0 spiro atoms. The van der Waals surface area contributed by atoms with Gasteiger partial charge >= 0.3 is 0 Å². The fourth-order valence-electron chi connectivity index (χ4n) is 2.68. The molecular formula is C20H20N2O. The van der Waals surface area contributed by atoms with Gasteiger partial charge in [0.2, 0.25) is 0 Å². The largest absolute Gasteiger partial charge is 0.378 e.